The van der Waals surface area contributed by atoms with Crippen LogP contribution in [0.2, 0.25) is 0 Å². The van der Waals surface area contributed by atoms with Crippen molar-refractivity contribution in [1.29, 1.82) is 0 Å². The molecule has 0 aromatic heterocycles. The maximum Gasteiger partial charge on any atom is 0.0976 e. The minimum absolute atomic E-state index is 0.328. The van der Waals surface area contributed by atoms with Crippen molar-refractivity contribution in [2.24, 2.45) is 11.8 Å². The van der Waals surface area contributed by atoms with Gasteiger partial charge in [0.05, 0.1) is 133 Å². The molecule has 7 rings (SSSR count). The molecule has 0 bridgehead atoms. The van der Waals surface area contributed by atoms with E-state index in [2.05, 4.69) is 217 Å². The third-order valence-electron chi connectivity index (χ3n) is 21.7. The molecule has 0 saturated heterocycles. The molecule has 0 heterocycles. The molecule has 0 fully saturated rings. The first-order valence-corrected chi connectivity index (χ1v) is 29.8. The SMILES string of the molecule is BBB(B(B)B)c1c(B(B(B)B)B(B)B)c(C)c2c(C)c(C)c(-c3c4c(c(C)c5c(C)c(C)c(C)c(C)c35)=C(c3c(C)c(C)c5c(C)c(C)c(C)c(C)c5c3C)C(C)C(C)C=4C)c(B(B)BB)c2c1B(B)B(B)B. The summed E-state index contributed by atoms with van der Waals surface area (Å²) in [5.74, 6) is 0.676. The fourth-order valence-corrected chi connectivity index (χ4v) is 16.0. The van der Waals surface area contributed by atoms with Crippen molar-refractivity contribution in [2.45, 2.75) is 125 Å². The second kappa shape index (κ2) is 21.5. The van der Waals surface area contributed by atoms with Crippen LogP contribution in [0.4, 0.5) is 0 Å². The molecule has 6 aromatic carbocycles. The predicted octanol–water partition coefficient (Wildman–Crippen LogP) is -5.54. The lowest BCUT2D eigenvalue weighted by molar-refractivity contribution is 0.573. The van der Waals surface area contributed by atoms with Gasteiger partial charge in [0.15, 0.2) is 0 Å². The molecule has 356 valence electrons. The molecule has 0 radical (unpaired) electrons. The van der Waals surface area contributed by atoms with Gasteiger partial charge in [-0.1, -0.05) is 35.9 Å². The highest BCUT2D eigenvalue weighted by Gasteiger charge is 2.40. The molecule has 0 amide bonds. The maximum absolute atomic E-state index is 2.61. The Bertz CT molecular complexity index is 3480. The van der Waals surface area contributed by atoms with Crippen LogP contribution in [0.25, 0.3) is 54.6 Å². The van der Waals surface area contributed by atoms with E-state index in [-0.39, 0.29) is 0 Å². The summed E-state index contributed by atoms with van der Waals surface area (Å²) in [5.41, 5.74) is 36.3. The van der Waals surface area contributed by atoms with Gasteiger partial charge >= 0.3 is 0 Å². The van der Waals surface area contributed by atoms with Crippen LogP contribution >= 0.6 is 0 Å². The Balaban J connectivity index is 1.97. The predicted molar refractivity (Wildman–Crippen MR) is 392 cm³/mol. The highest BCUT2D eigenvalue weighted by atomic mass is 14.4. The van der Waals surface area contributed by atoms with Gasteiger partial charge in [0.25, 0.3) is 0 Å². The van der Waals surface area contributed by atoms with E-state index in [0.29, 0.717) is 63.4 Å². The maximum atomic E-state index is 2.61. The Morgan fingerprint density at radius 2 is 0.743 bits per heavy atom. The molecule has 0 spiro atoms. The van der Waals surface area contributed by atoms with E-state index >= 15 is 0 Å². The first-order valence-electron chi connectivity index (χ1n) is 29.8. The minimum atomic E-state index is 0.328. The molecule has 74 heavy (non-hydrogen) atoms. The second-order valence-corrected chi connectivity index (χ2v) is 26.4. The van der Waals surface area contributed by atoms with Crippen molar-refractivity contribution in [3.63, 3.8) is 0 Å². The van der Waals surface area contributed by atoms with Crippen LogP contribution in [0.3, 0.4) is 0 Å². The van der Waals surface area contributed by atoms with Crippen LogP contribution in [0.1, 0.15) is 110 Å². The highest BCUT2D eigenvalue weighted by Crippen LogP contribution is 2.45. The van der Waals surface area contributed by atoms with Crippen LogP contribution in [0.5, 0.6) is 0 Å². The minimum Gasteiger partial charge on any atom is -0.112 e. The van der Waals surface area contributed by atoms with Crippen molar-refractivity contribution in [1.82, 2.24) is 0 Å². The van der Waals surface area contributed by atoms with E-state index in [1.165, 1.54) is 127 Å². The van der Waals surface area contributed by atoms with Crippen LogP contribution < -0.4 is 32.3 Å². The number of fused-ring (bicyclic) bond motifs is 4. The Morgan fingerprint density at radius 3 is 1.18 bits per heavy atom. The van der Waals surface area contributed by atoms with Gasteiger partial charge < -0.3 is 0 Å². The Kier molecular flexibility index (Phi) is 17.1. The van der Waals surface area contributed by atoms with Gasteiger partial charge in [-0.3, -0.25) is 0 Å². The fraction of sp³-hybridized carbons (Fsp3) is 0.385. The number of aryl methyl sites for hydroxylation is 9. The fourth-order valence-electron chi connectivity index (χ4n) is 16.0. The van der Waals surface area contributed by atoms with Gasteiger partial charge in [0.1, 0.15) is 0 Å². The average Bonchev–Trinajstić information content (AvgIpc) is 3.33. The molecule has 2 unspecified atom stereocenters. The van der Waals surface area contributed by atoms with Gasteiger partial charge in [-0.2, -0.15) is 0 Å². The van der Waals surface area contributed by atoms with Gasteiger partial charge in [-0.05, 0) is 266 Å². The van der Waals surface area contributed by atoms with E-state index in [1.54, 1.807) is 49.3 Å². The Morgan fingerprint density at radius 1 is 0.324 bits per heavy atom. The first kappa shape index (κ1) is 58.9. The molecule has 1 aliphatic rings. The van der Waals surface area contributed by atoms with Crippen LogP contribution in [0, 0.1) is 116 Å². The zero-order valence-corrected chi connectivity index (χ0v) is 53.2. The summed E-state index contributed by atoms with van der Waals surface area (Å²) in [5, 5.41) is 12.1. The van der Waals surface area contributed by atoms with Gasteiger partial charge in [-0.15, -0.1) is 10.9 Å². The molecule has 6 aromatic rings. The van der Waals surface area contributed by atoms with Gasteiger partial charge in [0.2, 0.25) is 0 Å². The molecule has 0 saturated carbocycles. The summed E-state index contributed by atoms with van der Waals surface area (Å²) >= 11 is 0. The second-order valence-electron chi connectivity index (χ2n) is 26.4. The van der Waals surface area contributed by atoms with E-state index < -0.39 is 0 Å². The summed E-state index contributed by atoms with van der Waals surface area (Å²) < 4.78 is 0. The van der Waals surface area contributed by atoms with Gasteiger partial charge in [-0.25, -0.2) is 0 Å². The van der Waals surface area contributed by atoms with Crippen LogP contribution in [-0.2, 0) is 0 Å². The molecular formula is C52H82B22. The lowest BCUT2D eigenvalue weighted by Crippen LogP contribution is -2.74. The normalized spacial score (nSPS) is 14.4. The first-order chi connectivity index (χ1) is 34.4. The van der Waals surface area contributed by atoms with Crippen molar-refractivity contribution in [2.75, 3.05) is 0 Å². The van der Waals surface area contributed by atoms with Crippen molar-refractivity contribution in [3.8, 4) is 11.1 Å². The largest absolute Gasteiger partial charge is 0.112 e. The lowest BCUT2D eigenvalue weighted by Gasteiger charge is -2.38. The lowest BCUT2D eigenvalue weighted by atomic mass is 8.70. The third kappa shape index (κ3) is 8.64. The number of hydrogen-bond acceptors (Lipinski definition) is 0. The molecular weight excluding hydrogens is 862 g/mol. The standard InChI is InChI=1S/C52H82B22/c1-19-20(2)25(7)38-34(16)40(31(13)30(12)37(38)24(19)6)42-28(10)23(5)29(11)44-45(42)35(17)39-26(8)21(3)22(4)27(9)43(39)47(44)46-33(15)32(14)41-36(18)49(70(73(61)62)74(63)64)52(69(66-54)72(59)60)51(68(56)71(57)58)48(41)50(46)67(55)65-53/h23,28,65-66H,53-64H2,1-18H3. The summed E-state index contributed by atoms with van der Waals surface area (Å²) in [7, 11) is 32.5. The molecule has 22 heteroatoms. The quantitative estimate of drug-likeness (QED) is 0.108. The van der Waals surface area contributed by atoms with Gasteiger partial charge in [0, 0.05) is 25.5 Å². The molecule has 0 nitrogen and oxygen atoms in total. The highest BCUT2D eigenvalue weighted by molar-refractivity contribution is 7.85. The summed E-state index contributed by atoms with van der Waals surface area (Å²) in [4.78, 5) is 0. The number of rotatable bonds is 12. The molecule has 0 N–H and O–H groups in total. The monoisotopic (exact) mass is 949 g/mol. The third-order valence-corrected chi connectivity index (χ3v) is 21.7. The van der Waals surface area contributed by atoms with E-state index in [9.17, 15) is 0 Å². The van der Waals surface area contributed by atoms with Crippen molar-refractivity contribution in [3.05, 3.63) is 99.5 Å². The Hall–Kier alpha value is -2.73. The van der Waals surface area contributed by atoms with E-state index in [0.717, 1.165) is 14.1 Å². The average molecular weight is 945 g/mol. The zero-order valence-electron chi connectivity index (χ0n) is 53.2. The van der Waals surface area contributed by atoms with Crippen LogP contribution in [-0.4, -0.2) is 158 Å². The van der Waals surface area contributed by atoms with Crippen molar-refractivity contribution < 1.29 is 0 Å². The van der Waals surface area contributed by atoms with Crippen LogP contribution in [0.15, 0.2) is 0 Å². The molecule has 2 atom stereocenters. The summed E-state index contributed by atoms with van der Waals surface area (Å²) in [6.45, 7) is 46.1. The zero-order chi connectivity index (χ0) is 55.7. The summed E-state index contributed by atoms with van der Waals surface area (Å²) in [6.07, 6.45) is 2.07. The smallest absolute Gasteiger partial charge is 0.0976 e. The summed E-state index contributed by atoms with van der Waals surface area (Å²) in [6, 6.07) is 0. The topological polar surface area (TPSA) is 0 Å². The number of benzene rings is 6. The van der Waals surface area contributed by atoms with E-state index in [4.69, 9.17) is 0 Å². The molecule has 1 aliphatic carbocycles. The number of hydrogen-bond donors (Lipinski definition) is 0. The van der Waals surface area contributed by atoms with E-state index in [1.807, 2.05) is 0 Å². The van der Waals surface area contributed by atoms with Crippen molar-refractivity contribution >= 4 is 224 Å². The Labute approximate surface area is 467 Å². The molecule has 0 aliphatic heterocycles.